The van der Waals surface area contributed by atoms with Crippen molar-refractivity contribution in [2.75, 3.05) is 18.5 Å². The third-order valence-electron chi connectivity index (χ3n) is 4.39. The molecule has 0 aliphatic heterocycles. The lowest BCUT2D eigenvalue weighted by Gasteiger charge is -2.08. The molecule has 0 radical (unpaired) electrons. The van der Waals surface area contributed by atoms with E-state index in [-0.39, 0.29) is 24.7 Å². The maximum atomic E-state index is 14.3. The number of nitrogens with two attached hydrogens (primary N) is 1. The van der Waals surface area contributed by atoms with Crippen LogP contribution in [0.3, 0.4) is 0 Å². The van der Waals surface area contributed by atoms with Gasteiger partial charge in [-0.1, -0.05) is 50.2 Å². The lowest BCUT2D eigenvalue weighted by molar-refractivity contribution is 0.0977. The van der Waals surface area contributed by atoms with Gasteiger partial charge < -0.3 is 25.7 Å². The van der Waals surface area contributed by atoms with Crippen molar-refractivity contribution in [1.29, 1.82) is 0 Å². The van der Waals surface area contributed by atoms with E-state index in [0.717, 1.165) is 11.1 Å². The van der Waals surface area contributed by atoms with Gasteiger partial charge in [0.1, 0.15) is 17.1 Å². The van der Waals surface area contributed by atoms with Crippen LogP contribution in [-0.4, -0.2) is 34.3 Å². The number of furan rings is 1. The number of hydrogen-bond acceptors (Lipinski definition) is 6. The van der Waals surface area contributed by atoms with Crippen molar-refractivity contribution in [3.05, 3.63) is 78.1 Å². The summed E-state index contributed by atoms with van der Waals surface area (Å²) in [5, 5.41) is 18.7. The van der Waals surface area contributed by atoms with Gasteiger partial charge >= 0.3 is 0 Å². The van der Waals surface area contributed by atoms with E-state index in [1.54, 1.807) is 31.5 Å². The number of carbonyl (C=O) groups is 1. The summed E-state index contributed by atoms with van der Waals surface area (Å²) in [5.41, 5.74) is 8.86. The molecule has 0 saturated carbocycles. The molecule has 33 heavy (non-hydrogen) atoms. The number of halogens is 1. The van der Waals surface area contributed by atoms with Crippen molar-refractivity contribution in [1.82, 2.24) is 4.98 Å². The number of rotatable bonds is 5. The number of aryl methyl sites for hydroxylation is 1. The van der Waals surface area contributed by atoms with Crippen molar-refractivity contribution < 1.29 is 23.8 Å². The fourth-order valence-corrected chi connectivity index (χ4v) is 2.99. The molecule has 2 aromatic heterocycles. The number of primary amides is 1. The lowest BCUT2D eigenvalue weighted by Crippen LogP contribution is -2.11. The minimum atomic E-state index is -0.750. The summed E-state index contributed by atoms with van der Waals surface area (Å²) in [4.78, 5) is 16.2. The first-order valence-corrected chi connectivity index (χ1v) is 10.5. The Morgan fingerprint density at radius 2 is 1.76 bits per heavy atom. The number of nitrogens with one attached hydrogen (secondary N) is 1. The van der Waals surface area contributed by atoms with Crippen LogP contribution in [0.25, 0.3) is 22.1 Å². The first-order valence-electron chi connectivity index (χ1n) is 10.5. The van der Waals surface area contributed by atoms with Gasteiger partial charge in [0, 0.05) is 18.0 Å². The van der Waals surface area contributed by atoms with Crippen LogP contribution in [0, 0.1) is 12.7 Å². The first-order chi connectivity index (χ1) is 16.0. The summed E-state index contributed by atoms with van der Waals surface area (Å²) >= 11 is 0. The Kier molecular flexibility index (Phi) is 9.53. The Morgan fingerprint density at radius 3 is 2.33 bits per heavy atom. The van der Waals surface area contributed by atoms with Gasteiger partial charge in [-0.25, -0.2) is 4.39 Å². The van der Waals surface area contributed by atoms with Crippen LogP contribution in [0.4, 0.5) is 15.8 Å². The molecule has 8 heteroatoms. The Morgan fingerprint density at radius 1 is 1.09 bits per heavy atom. The number of hydrogen-bond donors (Lipinski definition) is 4. The van der Waals surface area contributed by atoms with Crippen molar-refractivity contribution in [3.8, 4) is 11.1 Å². The molecule has 2 heterocycles. The van der Waals surface area contributed by atoms with E-state index in [1.165, 1.54) is 6.07 Å². The number of pyridine rings is 1. The van der Waals surface area contributed by atoms with Crippen molar-refractivity contribution in [2.45, 2.75) is 20.8 Å². The van der Waals surface area contributed by atoms with E-state index < -0.39 is 11.7 Å². The predicted molar refractivity (Wildman–Crippen MR) is 128 cm³/mol. The number of aliphatic hydroxyl groups excluding tert-OH is 2. The second kappa shape index (κ2) is 12.3. The SMILES string of the molecule is CC.Cc1ccc(Nc2c(C(N)=O)oc3c(-c4ccccc4)cncc23)c(F)c1.OCCO. The summed E-state index contributed by atoms with van der Waals surface area (Å²) in [6.07, 6.45) is 3.22. The summed E-state index contributed by atoms with van der Waals surface area (Å²) in [6.45, 7) is 5.55. The zero-order valence-electron chi connectivity index (χ0n) is 18.8. The molecule has 0 unspecified atom stereocenters. The molecule has 1 amide bonds. The van der Waals surface area contributed by atoms with Crippen LogP contribution in [0.15, 0.2) is 65.3 Å². The Hall–Kier alpha value is -3.75. The zero-order valence-corrected chi connectivity index (χ0v) is 18.8. The molecule has 7 nitrogen and oxygen atoms in total. The fourth-order valence-electron chi connectivity index (χ4n) is 2.99. The van der Waals surface area contributed by atoms with Gasteiger partial charge in [0.2, 0.25) is 5.76 Å². The maximum Gasteiger partial charge on any atom is 0.286 e. The molecule has 0 aliphatic carbocycles. The zero-order chi connectivity index (χ0) is 24.4. The highest BCUT2D eigenvalue weighted by molar-refractivity contribution is 6.09. The number of aromatic nitrogens is 1. The molecule has 0 fully saturated rings. The highest BCUT2D eigenvalue weighted by atomic mass is 19.1. The monoisotopic (exact) mass is 453 g/mol. The fraction of sp³-hybridized carbons (Fsp3) is 0.200. The average molecular weight is 454 g/mol. The van der Waals surface area contributed by atoms with Crippen molar-refractivity contribution >= 4 is 28.3 Å². The molecule has 5 N–H and O–H groups in total. The van der Waals surface area contributed by atoms with Gasteiger partial charge in [-0.15, -0.1) is 0 Å². The molecule has 0 spiro atoms. The van der Waals surface area contributed by atoms with E-state index in [4.69, 9.17) is 20.4 Å². The topological polar surface area (TPSA) is 122 Å². The van der Waals surface area contributed by atoms with Crippen molar-refractivity contribution in [3.63, 3.8) is 0 Å². The van der Waals surface area contributed by atoms with Crippen LogP contribution in [-0.2, 0) is 0 Å². The van der Waals surface area contributed by atoms with Crippen LogP contribution in [0.2, 0.25) is 0 Å². The Bertz CT molecular complexity index is 1190. The number of fused-ring (bicyclic) bond motifs is 1. The Balaban J connectivity index is 0.000000582. The number of amides is 1. The number of anilines is 2. The summed E-state index contributed by atoms with van der Waals surface area (Å²) in [6, 6.07) is 14.3. The first kappa shape index (κ1) is 25.5. The minimum absolute atomic E-state index is 0.0739. The van der Waals surface area contributed by atoms with E-state index >= 15 is 0 Å². The number of nitrogens with zero attached hydrogens (tertiary/aromatic N) is 1. The van der Waals surface area contributed by atoms with Crippen LogP contribution < -0.4 is 11.1 Å². The van der Waals surface area contributed by atoms with Crippen molar-refractivity contribution in [2.24, 2.45) is 5.73 Å². The quantitative estimate of drug-likeness (QED) is 0.345. The summed E-state index contributed by atoms with van der Waals surface area (Å²) in [5.74, 6) is -1.26. The molecule has 0 aliphatic rings. The van der Waals surface area contributed by atoms with E-state index in [9.17, 15) is 9.18 Å². The maximum absolute atomic E-state index is 14.3. The highest BCUT2D eigenvalue weighted by Crippen LogP contribution is 2.38. The molecule has 0 bridgehead atoms. The molecular formula is C25H28FN3O4. The largest absolute Gasteiger partial charge is 0.448 e. The van der Waals surface area contributed by atoms with Gasteiger partial charge in [0.25, 0.3) is 5.91 Å². The second-order valence-corrected chi connectivity index (χ2v) is 6.66. The van der Waals surface area contributed by atoms with Gasteiger partial charge in [-0.05, 0) is 30.2 Å². The van der Waals surface area contributed by atoms with Gasteiger partial charge in [-0.2, -0.15) is 0 Å². The standard InChI is InChI=1S/C21H16FN3O2.C2H6O2.C2H6/c1-12-7-8-17(16(22)9-12)25-18-15-11-24-10-14(13-5-3-2-4-6-13)19(15)27-20(18)21(23)26;3-1-2-4;1-2/h2-11,25H,1H3,(H2,23,26);3-4H,1-2H2;1-2H3. The van der Waals surface area contributed by atoms with E-state index in [2.05, 4.69) is 10.3 Å². The summed E-state index contributed by atoms with van der Waals surface area (Å²) < 4.78 is 20.1. The van der Waals surface area contributed by atoms with E-state index in [0.29, 0.717) is 22.2 Å². The molecule has 0 saturated heterocycles. The Labute approximate surface area is 191 Å². The second-order valence-electron chi connectivity index (χ2n) is 6.66. The normalized spacial score (nSPS) is 10.0. The number of aliphatic hydroxyl groups is 2. The smallest absolute Gasteiger partial charge is 0.286 e. The summed E-state index contributed by atoms with van der Waals surface area (Å²) in [7, 11) is 0. The third-order valence-corrected chi connectivity index (χ3v) is 4.39. The average Bonchev–Trinajstić information content (AvgIpc) is 3.22. The van der Waals surface area contributed by atoms with Crippen LogP contribution >= 0.6 is 0 Å². The molecule has 4 aromatic rings. The molecular weight excluding hydrogens is 425 g/mol. The van der Waals surface area contributed by atoms with Gasteiger partial charge in [0.05, 0.1) is 24.3 Å². The molecule has 174 valence electrons. The molecule has 0 atom stereocenters. The minimum Gasteiger partial charge on any atom is -0.448 e. The molecule has 2 aromatic carbocycles. The number of carbonyl (C=O) groups excluding carboxylic acids is 1. The predicted octanol–water partition coefficient (Wildman–Crippen LogP) is 4.78. The van der Waals surface area contributed by atoms with Gasteiger partial charge in [0.15, 0.2) is 0 Å². The van der Waals surface area contributed by atoms with E-state index in [1.807, 2.05) is 44.2 Å². The van der Waals surface area contributed by atoms with Gasteiger partial charge in [-0.3, -0.25) is 9.78 Å². The lowest BCUT2D eigenvalue weighted by atomic mass is 10.1. The van der Waals surface area contributed by atoms with Crippen LogP contribution in [0.5, 0.6) is 0 Å². The number of benzene rings is 2. The molecule has 4 rings (SSSR count). The van der Waals surface area contributed by atoms with Crippen LogP contribution in [0.1, 0.15) is 30.0 Å². The third kappa shape index (κ3) is 6.15. The highest BCUT2D eigenvalue weighted by Gasteiger charge is 2.22.